The molecule has 1 unspecified atom stereocenters. The average molecular weight is 488 g/mol. The van der Waals surface area contributed by atoms with Gasteiger partial charge in [0.25, 0.3) is 0 Å². The molecule has 3 aromatic rings. The van der Waals surface area contributed by atoms with Crippen LogP contribution in [-0.4, -0.2) is 39.0 Å². The quantitative estimate of drug-likeness (QED) is 0.382. The molecule has 0 spiro atoms. The predicted octanol–water partition coefficient (Wildman–Crippen LogP) is 6.92. The number of aryl methyl sites for hydroxylation is 1. The van der Waals surface area contributed by atoms with E-state index in [0.717, 1.165) is 36.9 Å². The van der Waals surface area contributed by atoms with Crippen molar-refractivity contribution in [1.29, 1.82) is 0 Å². The first-order valence-electron chi connectivity index (χ1n) is 11.9. The molecule has 0 aliphatic carbocycles. The summed E-state index contributed by atoms with van der Waals surface area (Å²) < 4.78 is 28.8. The number of rotatable bonds is 6. The lowest BCUT2D eigenvalue weighted by Gasteiger charge is -2.35. The molecule has 0 saturated carbocycles. The van der Waals surface area contributed by atoms with Gasteiger partial charge in [-0.3, -0.25) is 0 Å². The molecule has 1 aromatic carbocycles. The Morgan fingerprint density at radius 2 is 1.74 bits per heavy atom. The van der Waals surface area contributed by atoms with Crippen LogP contribution in [0.1, 0.15) is 81.2 Å². The van der Waals surface area contributed by atoms with Crippen molar-refractivity contribution in [2.24, 2.45) is 0 Å². The van der Waals surface area contributed by atoms with E-state index in [1.807, 2.05) is 13.0 Å². The maximum Gasteiger partial charge on any atom is 0.166 e. The molecular formula is C26H32ClF2N5. The molecule has 2 atom stereocenters. The van der Waals surface area contributed by atoms with Crippen LogP contribution >= 0.6 is 11.6 Å². The first-order valence-corrected chi connectivity index (χ1v) is 12.3. The summed E-state index contributed by atoms with van der Waals surface area (Å²) in [5.41, 5.74) is 1.94. The minimum absolute atomic E-state index is 0.0540. The molecule has 1 fully saturated rings. The number of alkyl halides is 1. The van der Waals surface area contributed by atoms with E-state index in [4.69, 9.17) is 11.6 Å². The van der Waals surface area contributed by atoms with Crippen molar-refractivity contribution in [1.82, 2.24) is 19.9 Å². The van der Waals surface area contributed by atoms with E-state index < -0.39 is 18.0 Å². The number of nitrogens with one attached hydrogen (secondary N) is 1. The molecule has 1 aliphatic heterocycles. The molecule has 0 radical (unpaired) electrons. The van der Waals surface area contributed by atoms with Crippen molar-refractivity contribution >= 4 is 28.5 Å². The number of hydrogen-bond donors (Lipinski definition) is 1. The molecule has 3 heterocycles. The fourth-order valence-corrected chi connectivity index (χ4v) is 5.06. The zero-order chi connectivity index (χ0) is 24.6. The van der Waals surface area contributed by atoms with E-state index in [9.17, 15) is 8.78 Å². The van der Waals surface area contributed by atoms with Gasteiger partial charge in [0.1, 0.15) is 28.8 Å². The number of benzene rings is 1. The number of pyridine rings is 1. The lowest BCUT2D eigenvalue weighted by Crippen LogP contribution is -2.37. The normalized spacial score (nSPS) is 17.3. The van der Waals surface area contributed by atoms with Gasteiger partial charge in [0.15, 0.2) is 5.65 Å². The second-order valence-corrected chi connectivity index (χ2v) is 9.85. The van der Waals surface area contributed by atoms with Gasteiger partial charge in [0, 0.05) is 17.2 Å². The molecular weight excluding hydrogens is 456 g/mol. The van der Waals surface area contributed by atoms with Crippen LogP contribution < -0.4 is 5.32 Å². The first-order chi connectivity index (χ1) is 16.2. The van der Waals surface area contributed by atoms with Gasteiger partial charge in [-0.2, -0.15) is 0 Å². The van der Waals surface area contributed by atoms with Gasteiger partial charge in [-0.25, -0.2) is 23.7 Å². The molecule has 182 valence electrons. The van der Waals surface area contributed by atoms with Crippen molar-refractivity contribution in [2.45, 2.75) is 71.6 Å². The van der Waals surface area contributed by atoms with Crippen molar-refractivity contribution in [3.05, 3.63) is 57.8 Å². The number of nitrogens with zero attached hydrogens (tertiary/aromatic N) is 4. The monoisotopic (exact) mass is 487 g/mol. The van der Waals surface area contributed by atoms with E-state index in [0.29, 0.717) is 40.0 Å². The zero-order valence-corrected chi connectivity index (χ0v) is 21.1. The van der Waals surface area contributed by atoms with Crippen molar-refractivity contribution in [2.75, 3.05) is 18.4 Å². The van der Waals surface area contributed by atoms with Crippen LogP contribution in [0.25, 0.3) is 11.0 Å². The second kappa shape index (κ2) is 10.1. The Balaban J connectivity index is 1.68. The molecule has 1 saturated heterocycles. The Kier molecular flexibility index (Phi) is 7.33. The number of aromatic nitrogens is 3. The van der Waals surface area contributed by atoms with Crippen molar-refractivity contribution in [3.8, 4) is 0 Å². The summed E-state index contributed by atoms with van der Waals surface area (Å²) in [7, 11) is 0. The van der Waals surface area contributed by atoms with Gasteiger partial charge in [-0.15, -0.1) is 0 Å². The Morgan fingerprint density at radius 1 is 1.06 bits per heavy atom. The van der Waals surface area contributed by atoms with Crippen LogP contribution in [0.15, 0.2) is 24.3 Å². The largest absolute Gasteiger partial charge is 0.363 e. The van der Waals surface area contributed by atoms with Crippen LogP contribution in [0.5, 0.6) is 0 Å². The maximum atomic E-state index is 15.0. The third-order valence-corrected chi connectivity index (χ3v) is 7.09. The van der Waals surface area contributed by atoms with Gasteiger partial charge in [-0.05, 0) is 78.1 Å². The Labute approximate surface area is 205 Å². The predicted molar refractivity (Wildman–Crippen MR) is 134 cm³/mol. The van der Waals surface area contributed by atoms with Crippen LogP contribution in [0.4, 0.5) is 14.6 Å². The fourth-order valence-electron chi connectivity index (χ4n) is 4.77. The van der Waals surface area contributed by atoms with Gasteiger partial charge >= 0.3 is 0 Å². The highest BCUT2D eigenvalue weighted by Crippen LogP contribution is 2.36. The highest BCUT2D eigenvalue weighted by Gasteiger charge is 2.26. The summed E-state index contributed by atoms with van der Waals surface area (Å²) in [5.74, 6) is 0.881. The van der Waals surface area contributed by atoms with E-state index in [2.05, 4.69) is 39.0 Å². The smallest absolute Gasteiger partial charge is 0.166 e. The van der Waals surface area contributed by atoms with Crippen LogP contribution in [0.3, 0.4) is 0 Å². The molecule has 4 rings (SSSR count). The Morgan fingerprint density at radius 3 is 2.38 bits per heavy atom. The fraction of sp³-hybridized carbons (Fsp3) is 0.500. The van der Waals surface area contributed by atoms with Gasteiger partial charge in [0.05, 0.1) is 11.4 Å². The lowest BCUT2D eigenvalue weighted by atomic mass is 9.89. The highest BCUT2D eigenvalue weighted by atomic mass is 35.5. The van der Waals surface area contributed by atoms with Gasteiger partial charge in [0.2, 0.25) is 0 Å². The van der Waals surface area contributed by atoms with Crippen LogP contribution in [0.2, 0.25) is 5.15 Å². The van der Waals surface area contributed by atoms with Gasteiger partial charge < -0.3 is 10.2 Å². The van der Waals surface area contributed by atoms with Crippen LogP contribution in [-0.2, 0) is 0 Å². The number of piperidine rings is 1. The maximum absolute atomic E-state index is 15.0. The first kappa shape index (κ1) is 24.7. The molecule has 0 bridgehead atoms. The summed E-state index contributed by atoms with van der Waals surface area (Å²) in [5, 5.41) is 4.54. The Hall–Kier alpha value is -2.38. The van der Waals surface area contributed by atoms with E-state index in [1.54, 1.807) is 19.1 Å². The zero-order valence-electron chi connectivity index (χ0n) is 20.4. The standard InChI is InChI=1S/C26H32ClF2N5/c1-14(2)34-11-9-18(10-12-34)21-13-22-25(31-17(5)32-26(22)33-24(21)27)30-16(4)20-8-6-7-19(15(3)28)23(20)29/h6-8,13-16,18H,9-12H2,1-5H3,(H,30,31,32,33)/t15?,16-/m1/s1. The second-order valence-electron chi connectivity index (χ2n) is 9.50. The summed E-state index contributed by atoms with van der Waals surface area (Å²) >= 11 is 6.62. The van der Waals surface area contributed by atoms with E-state index >= 15 is 0 Å². The number of likely N-dealkylation sites (tertiary alicyclic amines) is 1. The van der Waals surface area contributed by atoms with E-state index in [1.165, 1.54) is 13.0 Å². The highest BCUT2D eigenvalue weighted by molar-refractivity contribution is 6.30. The lowest BCUT2D eigenvalue weighted by molar-refractivity contribution is 0.172. The molecule has 1 N–H and O–H groups in total. The summed E-state index contributed by atoms with van der Waals surface area (Å²) in [6.07, 6.45) is 0.637. The minimum atomic E-state index is -1.38. The number of fused-ring (bicyclic) bond motifs is 1. The average Bonchev–Trinajstić information content (AvgIpc) is 2.78. The molecule has 0 amide bonds. The van der Waals surface area contributed by atoms with Crippen LogP contribution in [0, 0.1) is 12.7 Å². The third-order valence-electron chi connectivity index (χ3n) is 6.79. The SMILES string of the molecule is Cc1nc(N[C@H](C)c2cccc(C(C)F)c2F)c2cc(C3CCN(C(C)C)CC3)c(Cl)nc2n1. The molecule has 2 aromatic heterocycles. The van der Waals surface area contributed by atoms with Crippen molar-refractivity contribution in [3.63, 3.8) is 0 Å². The van der Waals surface area contributed by atoms with Gasteiger partial charge in [-0.1, -0.05) is 29.8 Å². The summed E-state index contributed by atoms with van der Waals surface area (Å²) in [6.45, 7) is 11.4. The Bertz CT molecular complexity index is 1180. The summed E-state index contributed by atoms with van der Waals surface area (Å²) in [4.78, 5) is 16.1. The number of anilines is 1. The molecule has 34 heavy (non-hydrogen) atoms. The number of halogens is 3. The summed E-state index contributed by atoms with van der Waals surface area (Å²) in [6, 6.07) is 6.93. The molecule has 1 aliphatic rings. The van der Waals surface area contributed by atoms with Crippen molar-refractivity contribution < 1.29 is 8.78 Å². The number of hydrogen-bond acceptors (Lipinski definition) is 5. The molecule has 8 heteroatoms. The molecule has 5 nitrogen and oxygen atoms in total. The topological polar surface area (TPSA) is 53.9 Å². The van der Waals surface area contributed by atoms with E-state index in [-0.39, 0.29) is 5.56 Å². The third kappa shape index (κ3) is 5.01. The minimum Gasteiger partial charge on any atom is -0.363 e.